The fourth-order valence-electron chi connectivity index (χ4n) is 4.80. The summed E-state index contributed by atoms with van der Waals surface area (Å²) in [6.45, 7) is 8.48. The van der Waals surface area contributed by atoms with E-state index in [9.17, 15) is 10.2 Å². The summed E-state index contributed by atoms with van der Waals surface area (Å²) in [5.41, 5.74) is 6.12. The molecule has 0 aliphatic heterocycles. The molecule has 0 bridgehead atoms. The van der Waals surface area contributed by atoms with Crippen molar-refractivity contribution in [2.75, 3.05) is 0 Å². The Morgan fingerprint density at radius 2 is 1.07 bits per heavy atom. The zero-order valence-corrected chi connectivity index (χ0v) is 27.1. The molecule has 3 aromatic rings. The molecule has 0 aliphatic carbocycles. The molecule has 3 aromatic carbocycles. The summed E-state index contributed by atoms with van der Waals surface area (Å²) >= 11 is 0. The van der Waals surface area contributed by atoms with Gasteiger partial charge in [0.25, 0.3) is 0 Å². The van der Waals surface area contributed by atoms with E-state index in [4.69, 9.17) is 9.98 Å². The van der Waals surface area contributed by atoms with Gasteiger partial charge < -0.3 is 10.2 Å². The number of nitrogens with zero attached hydrogens (tertiary/aromatic N) is 2. The first-order valence-corrected chi connectivity index (χ1v) is 15.8. The van der Waals surface area contributed by atoms with Crippen molar-refractivity contribution < 1.29 is 26.7 Å². The second kappa shape index (κ2) is 22.7. The van der Waals surface area contributed by atoms with Crippen molar-refractivity contribution >= 4 is 22.8 Å². The molecule has 4 nitrogen and oxygen atoms in total. The topological polar surface area (TPSA) is 70.8 Å². The molecule has 0 heterocycles. The average Bonchev–Trinajstić information content (AvgIpc) is 3.00. The van der Waals surface area contributed by atoms with E-state index < -0.39 is 0 Å². The number of aryl methyl sites for hydroxylation is 1. The second-order valence-corrected chi connectivity index (χ2v) is 10.5. The van der Waals surface area contributed by atoms with Crippen molar-refractivity contribution in [1.29, 1.82) is 0 Å². The SMILES string of the molecule is CCCCCCCCC(=Nc1ccccc1)C(CCCC)=Nc1ccccc1.CCCc1ccc([O-])c([O-])c1CC.[Ni+2]. The summed E-state index contributed by atoms with van der Waals surface area (Å²) in [4.78, 5) is 10.0. The molecule has 5 heteroatoms. The van der Waals surface area contributed by atoms with Gasteiger partial charge in [-0.2, -0.15) is 0 Å². The Bertz CT molecular complexity index is 1180. The molecular formula is C37H50N2NiO2. The van der Waals surface area contributed by atoms with Crippen LogP contribution in [0.3, 0.4) is 0 Å². The summed E-state index contributed by atoms with van der Waals surface area (Å²) in [5, 5.41) is 22.4. The number of unbranched alkanes of at least 4 members (excludes halogenated alkanes) is 6. The van der Waals surface area contributed by atoms with Crippen molar-refractivity contribution in [3.8, 4) is 11.5 Å². The Labute approximate surface area is 265 Å². The molecule has 0 unspecified atom stereocenters. The van der Waals surface area contributed by atoms with Crippen LogP contribution in [-0.2, 0) is 29.3 Å². The van der Waals surface area contributed by atoms with Gasteiger partial charge in [0.05, 0.1) is 22.8 Å². The van der Waals surface area contributed by atoms with Crippen molar-refractivity contribution in [1.82, 2.24) is 0 Å². The Morgan fingerprint density at radius 1 is 0.571 bits per heavy atom. The van der Waals surface area contributed by atoms with Gasteiger partial charge in [0.1, 0.15) is 0 Å². The van der Waals surface area contributed by atoms with Crippen molar-refractivity contribution in [2.45, 2.75) is 111 Å². The van der Waals surface area contributed by atoms with Gasteiger partial charge in [-0.3, -0.25) is 9.98 Å². The number of para-hydroxylation sites is 2. The third-order valence-corrected chi connectivity index (χ3v) is 7.10. The fraction of sp³-hybridized carbons (Fsp3) is 0.459. The molecule has 0 aliphatic rings. The minimum absolute atomic E-state index is 0. The van der Waals surface area contributed by atoms with E-state index in [-0.39, 0.29) is 28.0 Å². The van der Waals surface area contributed by atoms with Gasteiger partial charge in [-0.25, -0.2) is 0 Å². The largest absolute Gasteiger partial charge is 2.00 e. The van der Waals surface area contributed by atoms with Crippen molar-refractivity contribution in [3.05, 3.63) is 83.9 Å². The third kappa shape index (κ3) is 13.8. The van der Waals surface area contributed by atoms with Crippen LogP contribution in [0.2, 0.25) is 0 Å². The van der Waals surface area contributed by atoms with Gasteiger partial charge in [-0.05, 0) is 68.4 Å². The van der Waals surface area contributed by atoms with Crippen molar-refractivity contribution in [3.63, 3.8) is 0 Å². The third-order valence-electron chi connectivity index (χ3n) is 7.10. The minimum Gasteiger partial charge on any atom is -0.873 e. The van der Waals surface area contributed by atoms with Crippen LogP contribution in [-0.4, -0.2) is 11.4 Å². The van der Waals surface area contributed by atoms with E-state index in [2.05, 4.69) is 69.3 Å². The van der Waals surface area contributed by atoms with Crippen LogP contribution in [0.4, 0.5) is 11.4 Å². The van der Waals surface area contributed by atoms with E-state index >= 15 is 0 Å². The quantitative estimate of drug-likeness (QED) is 0.0917. The first-order chi connectivity index (χ1) is 20.0. The van der Waals surface area contributed by atoms with Crippen LogP contribution in [0.25, 0.3) is 0 Å². The smallest absolute Gasteiger partial charge is 0.873 e. The van der Waals surface area contributed by atoms with E-state index in [0.717, 1.165) is 54.8 Å². The fourth-order valence-corrected chi connectivity index (χ4v) is 4.80. The van der Waals surface area contributed by atoms with Crippen LogP contribution in [0.15, 0.2) is 82.8 Å². The van der Waals surface area contributed by atoms with Gasteiger partial charge in [-0.1, -0.05) is 127 Å². The van der Waals surface area contributed by atoms with Gasteiger partial charge in [-0.15, -0.1) is 11.5 Å². The summed E-state index contributed by atoms with van der Waals surface area (Å²) < 4.78 is 0. The van der Waals surface area contributed by atoms with Crippen LogP contribution in [0.1, 0.15) is 109 Å². The molecule has 0 aromatic heterocycles. The van der Waals surface area contributed by atoms with Gasteiger partial charge in [0, 0.05) is 0 Å². The Balaban J connectivity index is 0.000000529. The molecular weight excluding hydrogens is 563 g/mol. The number of hydrogen-bond donors (Lipinski definition) is 0. The maximum atomic E-state index is 11.4. The van der Waals surface area contributed by atoms with E-state index in [1.165, 1.54) is 56.7 Å². The van der Waals surface area contributed by atoms with E-state index in [1.54, 1.807) is 6.07 Å². The normalized spacial score (nSPS) is 11.4. The summed E-state index contributed by atoms with van der Waals surface area (Å²) in [7, 11) is 0. The number of rotatable bonds is 16. The first kappa shape index (κ1) is 37.1. The molecule has 0 saturated heterocycles. The summed E-state index contributed by atoms with van der Waals surface area (Å²) in [6.07, 6.45) is 14.7. The molecule has 0 saturated carbocycles. The monoisotopic (exact) mass is 612 g/mol. The second-order valence-electron chi connectivity index (χ2n) is 10.5. The maximum absolute atomic E-state index is 11.4. The molecule has 42 heavy (non-hydrogen) atoms. The molecule has 0 atom stereocenters. The zero-order chi connectivity index (χ0) is 29.7. The van der Waals surface area contributed by atoms with Gasteiger partial charge in [0.2, 0.25) is 0 Å². The number of aliphatic imine (C=N–C) groups is 2. The van der Waals surface area contributed by atoms with Crippen LogP contribution >= 0.6 is 0 Å². The van der Waals surface area contributed by atoms with E-state index in [1.807, 2.05) is 19.1 Å². The number of benzene rings is 3. The zero-order valence-electron chi connectivity index (χ0n) is 26.1. The standard InChI is InChI=1S/C26H36N2.C11H16O2.Ni/c1-3-5-7-8-9-16-22-26(28-24-19-14-11-15-20-24)25(21-6-4-2)27-23-17-12-10-13-18-23;1-3-5-8-6-7-10(12)11(13)9(8)4-2;/h10-15,17-20H,3-9,16,21-22H2,1-2H3;6-7,12-13H,3-5H2,1-2H3;/q;;+2/p-2. The van der Waals surface area contributed by atoms with Crippen LogP contribution in [0, 0.1) is 0 Å². The Kier molecular flexibility index (Phi) is 20.0. The molecule has 0 fully saturated rings. The van der Waals surface area contributed by atoms with Crippen molar-refractivity contribution in [2.24, 2.45) is 9.98 Å². The summed E-state index contributed by atoms with van der Waals surface area (Å²) in [5.74, 6) is -0.690. The minimum atomic E-state index is -0.378. The predicted octanol–water partition coefficient (Wildman–Crippen LogP) is 9.82. The molecule has 0 amide bonds. The van der Waals surface area contributed by atoms with Crippen LogP contribution in [0.5, 0.6) is 11.5 Å². The first-order valence-electron chi connectivity index (χ1n) is 15.8. The molecule has 0 N–H and O–H groups in total. The van der Waals surface area contributed by atoms with Gasteiger partial charge >= 0.3 is 16.5 Å². The van der Waals surface area contributed by atoms with E-state index in [0.29, 0.717) is 12.0 Å². The molecule has 0 spiro atoms. The Hall–Kier alpha value is -2.91. The van der Waals surface area contributed by atoms with Crippen LogP contribution < -0.4 is 10.2 Å². The van der Waals surface area contributed by atoms with Gasteiger partial charge in [0.15, 0.2) is 0 Å². The molecule has 3 rings (SSSR count). The average molecular weight is 614 g/mol. The predicted molar refractivity (Wildman–Crippen MR) is 173 cm³/mol. The Morgan fingerprint density at radius 3 is 1.57 bits per heavy atom. The summed E-state index contributed by atoms with van der Waals surface area (Å²) in [6, 6.07) is 23.8. The molecule has 230 valence electrons. The number of hydrogen-bond acceptors (Lipinski definition) is 4. The molecule has 0 radical (unpaired) electrons. The maximum Gasteiger partial charge on any atom is 2.00 e.